The van der Waals surface area contributed by atoms with Crippen LogP contribution in [0.5, 0.6) is 0 Å². The highest BCUT2D eigenvalue weighted by molar-refractivity contribution is 5.72. The largest absolute Gasteiger partial charge is 0.325 e. The van der Waals surface area contributed by atoms with Crippen molar-refractivity contribution >= 4 is 11.5 Å². The summed E-state index contributed by atoms with van der Waals surface area (Å²) < 4.78 is 0. The van der Waals surface area contributed by atoms with Crippen LogP contribution in [0, 0.1) is 13.8 Å². The van der Waals surface area contributed by atoms with E-state index in [1.54, 1.807) is 6.33 Å². The minimum atomic E-state index is 0.155. The molecule has 0 saturated heterocycles. The fourth-order valence-corrected chi connectivity index (χ4v) is 2.83. The average molecular weight is 253 g/mol. The fraction of sp³-hybridized carbons (Fsp3) is 0.375. The standard InChI is InChI=1S/C16H19N3/c1-11-12(2)17-10-18-15(11)19-9-16(3,4)13-7-5-6-8-14(13)19/h5-8,10H,9H2,1-4H3. The molecule has 2 aromatic rings. The monoisotopic (exact) mass is 253 g/mol. The maximum absolute atomic E-state index is 4.50. The van der Waals surface area contributed by atoms with Crippen LogP contribution in [0.25, 0.3) is 0 Å². The summed E-state index contributed by atoms with van der Waals surface area (Å²) in [5.74, 6) is 1.03. The number of hydrogen-bond donors (Lipinski definition) is 0. The Kier molecular flexibility index (Phi) is 2.59. The molecule has 0 spiro atoms. The summed E-state index contributed by atoms with van der Waals surface area (Å²) in [4.78, 5) is 11.1. The lowest BCUT2D eigenvalue weighted by molar-refractivity contribution is 0.567. The van der Waals surface area contributed by atoms with Gasteiger partial charge in [-0.1, -0.05) is 32.0 Å². The molecule has 0 fully saturated rings. The Morgan fingerprint density at radius 2 is 1.84 bits per heavy atom. The van der Waals surface area contributed by atoms with Crippen molar-refractivity contribution < 1.29 is 0 Å². The van der Waals surface area contributed by atoms with Crippen molar-refractivity contribution in [3.05, 3.63) is 47.4 Å². The molecule has 0 N–H and O–H groups in total. The molecular weight excluding hydrogens is 234 g/mol. The number of fused-ring (bicyclic) bond motifs is 1. The van der Waals surface area contributed by atoms with E-state index in [1.165, 1.54) is 11.3 Å². The Morgan fingerprint density at radius 3 is 2.63 bits per heavy atom. The SMILES string of the molecule is Cc1ncnc(N2CC(C)(C)c3ccccc32)c1C. The van der Waals surface area contributed by atoms with E-state index in [-0.39, 0.29) is 5.41 Å². The molecule has 19 heavy (non-hydrogen) atoms. The van der Waals surface area contributed by atoms with Gasteiger partial charge in [0, 0.05) is 28.9 Å². The molecule has 1 aliphatic heterocycles. The van der Waals surface area contributed by atoms with Crippen molar-refractivity contribution in [3.8, 4) is 0 Å². The van der Waals surface area contributed by atoms with Crippen molar-refractivity contribution in [3.63, 3.8) is 0 Å². The Morgan fingerprint density at radius 1 is 1.11 bits per heavy atom. The first kappa shape index (κ1) is 12.2. The first-order valence-corrected chi connectivity index (χ1v) is 6.66. The van der Waals surface area contributed by atoms with Crippen molar-refractivity contribution in [1.29, 1.82) is 0 Å². The molecule has 0 aliphatic carbocycles. The summed E-state index contributed by atoms with van der Waals surface area (Å²) in [6.45, 7) is 9.67. The molecule has 3 rings (SSSR count). The summed E-state index contributed by atoms with van der Waals surface area (Å²) in [6, 6.07) is 8.61. The number of anilines is 2. The number of benzene rings is 1. The van der Waals surface area contributed by atoms with Crippen LogP contribution in [-0.4, -0.2) is 16.5 Å². The van der Waals surface area contributed by atoms with Crippen LogP contribution in [0.3, 0.4) is 0 Å². The molecule has 3 nitrogen and oxygen atoms in total. The highest BCUT2D eigenvalue weighted by Crippen LogP contribution is 2.44. The average Bonchev–Trinajstić information content (AvgIpc) is 2.66. The Bertz CT molecular complexity index is 632. The fourth-order valence-electron chi connectivity index (χ4n) is 2.83. The van der Waals surface area contributed by atoms with Crippen molar-refractivity contribution in [2.45, 2.75) is 33.1 Å². The maximum Gasteiger partial charge on any atom is 0.139 e. The lowest BCUT2D eigenvalue weighted by Gasteiger charge is -2.23. The zero-order valence-corrected chi connectivity index (χ0v) is 11.9. The van der Waals surface area contributed by atoms with Crippen molar-refractivity contribution in [2.24, 2.45) is 0 Å². The van der Waals surface area contributed by atoms with Crippen LogP contribution >= 0.6 is 0 Å². The van der Waals surface area contributed by atoms with E-state index in [2.05, 4.69) is 59.9 Å². The highest BCUT2D eigenvalue weighted by atomic mass is 15.2. The Balaban J connectivity index is 2.16. The molecule has 1 aromatic heterocycles. The molecule has 3 heteroatoms. The van der Waals surface area contributed by atoms with Crippen LogP contribution in [0.15, 0.2) is 30.6 Å². The van der Waals surface area contributed by atoms with Crippen molar-refractivity contribution in [1.82, 2.24) is 9.97 Å². The molecule has 0 saturated carbocycles. The van der Waals surface area contributed by atoms with E-state index in [4.69, 9.17) is 0 Å². The third-order valence-electron chi connectivity index (χ3n) is 4.04. The lowest BCUT2D eigenvalue weighted by Crippen LogP contribution is -2.26. The number of nitrogens with zero attached hydrogens (tertiary/aromatic N) is 3. The second-order valence-electron chi connectivity index (χ2n) is 5.89. The van der Waals surface area contributed by atoms with Gasteiger partial charge in [-0.3, -0.25) is 0 Å². The summed E-state index contributed by atoms with van der Waals surface area (Å²) in [7, 11) is 0. The molecule has 0 amide bonds. The number of hydrogen-bond acceptors (Lipinski definition) is 3. The molecule has 1 aliphatic rings. The van der Waals surface area contributed by atoms with Crippen LogP contribution < -0.4 is 4.90 Å². The molecule has 0 unspecified atom stereocenters. The zero-order chi connectivity index (χ0) is 13.6. The van der Waals surface area contributed by atoms with Crippen LogP contribution in [0.2, 0.25) is 0 Å². The van der Waals surface area contributed by atoms with E-state index < -0.39 is 0 Å². The van der Waals surface area contributed by atoms with Crippen molar-refractivity contribution in [2.75, 3.05) is 11.4 Å². The molecule has 2 heterocycles. The Labute approximate surface area is 114 Å². The van der Waals surface area contributed by atoms with Gasteiger partial charge in [-0.2, -0.15) is 0 Å². The topological polar surface area (TPSA) is 29.0 Å². The number of aromatic nitrogens is 2. The smallest absolute Gasteiger partial charge is 0.139 e. The molecular formula is C16H19N3. The summed E-state index contributed by atoms with van der Waals surface area (Å²) in [5, 5.41) is 0. The highest BCUT2D eigenvalue weighted by Gasteiger charge is 2.36. The maximum atomic E-state index is 4.50. The Hall–Kier alpha value is -1.90. The van der Waals surface area contributed by atoms with Gasteiger partial charge in [-0.15, -0.1) is 0 Å². The quantitative estimate of drug-likeness (QED) is 0.778. The van der Waals surface area contributed by atoms with Gasteiger partial charge in [0.2, 0.25) is 0 Å². The third kappa shape index (κ3) is 1.81. The lowest BCUT2D eigenvalue weighted by atomic mass is 9.87. The van der Waals surface area contributed by atoms with E-state index in [0.717, 1.165) is 23.6 Å². The summed E-state index contributed by atoms with van der Waals surface area (Å²) in [6.07, 6.45) is 1.66. The van der Waals surface area contributed by atoms with Crippen LogP contribution in [0.4, 0.5) is 11.5 Å². The number of para-hydroxylation sites is 1. The molecule has 0 atom stereocenters. The molecule has 0 radical (unpaired) electrons. The normalized spacial score (nSPS) is 16.5. The van der Waals surface area contributed by atoms with Crippen LogP contribution in [0.1, 0.15) is 30.7 Å². The zero-order valence-electron chi connectivity index (χ0n) is 11.9. The number of aryl methyl sites for hydroxylation is 1. The van der Waals surface area contributed by atoms with E-state index in [9.17, 15) is 0 Å². The first-order chi connectivity index (χ1) is 9.00. The van der Waals surface area contributed by atoms with E-state index in [0.29, 0.717) is 0 Å². The van der Waals surface area contributed by atoms with Gasteiger partial charge in [-0.25, -0.2) is 9.97 Å². The summed E-state index contributed by atoms with van der Waals surface area (Å²) >= 11 is 0. The van der Waals surface area contributed by atoms with Gasteiger partial charge in [0.25, 0.3) is 0 Å². The minimum Gasteiger partial charge on any atom is -0.325 e. The van der Waals surface area contributed by atoms with Gasteiger partial charge >= 0.3 is 0 Å². The predicted molar refractivity (Wildman–Crippen MR) is 78.0 cm³/mol. The first-order valence-electron chi connectivity index (χ1n) is 6.66. The minimum absolute atomic E-state index is 0.155. The van der Waals surface area contributed by atoms with E-state index >= 15 is 0 Å². The van der Waals surface area contributed by atoms with Gasteiger partial charge in [0.15, 0.2) is 0 Å². The second-order valence-corrected chi connectivity index (χ2v) is 5.89. The third-order valence-corrected chi connectivity index (χ3v) is 4.04. The van der Waals surface area contributed by atoms with E-state index in [1.807, 2.05) is 6.92 Å². The second kappa shape index (κ2) is 4.05. The summed E-state index contributed by atoms with van der Waals surface area (Å²) in [5.41, 5.74) is 5.03. The van der Waals surface area contributed by atoms with Gasteiger partial charge in [0.1, 0.15) is 12.1 Å². The van der Waals surface area contributed by atoms with Gasteiger partial charge in [0.05, 0.1) is 0 Å². The van der Waals surface area contributed by atoms with Gasteiger partial charge in [-0.05, 0) is 25.5 Å². The predicted octanol–water partition coefficient (Wildman–Crippen LogP) is 3.52. The molecule has 1 aromatic carbocycles. The molecule has 0 bridgehead atoms. The number of rotatable bonds is 1. The van der Waals surface area contributed by atoms with Crippen LogP contribution in [-0.2, 0) is 5.41 Å². The molecule has 98 valence electrons. The van der Waals surface area contributed by atoms with Gasteiger partial charge < -0.3 is 4.90 Å².